The van der Waals surface area contributed by atoms with Crippen LogP contribution < -0.4 is 10.1 Å². The summed E-state index contributed by atoms with van der Waals surface area (Å²) >= 11 is 11.7. The Morgan fingerprint density at radius 1 is 1.05 bits per heavy atom. The Bertz CT molecular complexity index is 687. The SMILES string of the molecule is O=C(Nc1cc(Cl)ccc1Cl)c1ccc(OC(F)(F)F)cc1. The number of ether oxygens (including phenoxy) is 1. The predicted molar refractivity (Wildman–Crippen MR) is 77.5 cm³/mol. The van der Waals surface area contributed by atoms with E-state index in [1.165, 1.54) is 24.3 Å². The van der Waals surface area contributed by atoms with Crippen LogP contribution in [0.4, 0.5) is 18.9 Å². The monoisotopic (exact) mass is 349 g/mol. The first-order chi connectivity index (χ1) is 10.2. The summed E-state index contributed by atoms with van der Waals surface area (Å²) < 4.78 is 39.8. The molecule has 0 saturated heterocycles. The fourth-order valence-corrected chi connectivity index (χ4v) is 1.93. The Hall–Kier alpha value is -1.92. The highest BCUT2D eigenvalue weighted by atomic mass is 35.5. The van der Waals surface area contributed by atoms with Crippen molar-refractivity contribution in [2.24, 2.45) is 0 Å². The summed E-state index contributed by atoms with van der Waals surface area (Å²) in [4.78, 5) is 12.0. The molecule has 0 aliphatic heterocycles. The van der Waals surface area contributed by atoms with Crippen LogP contribution >= 0.6 is 23.2 Å². The number of nitrogens with one attached hydrogen (secondary N) is 1. The van der Waals surface area contributed by atoms with Crippen LogP contribution in [0.1, 0.15) is 10.4 Å². The summed E-state index contributed by atoms with van der Waals surface area (Å²) in [5, 5.41) is 3.19. The van der Waals surface area contributed by atoms with E-state index in [9.17, 15) is 18.0 Å². The van der Waals surface area contributed by atoms with E-state index in [2.05, 4.69) is 10.1 Å². The highest BCUT2D eigenvalue weighted by Crippen LogP contribution is 2.26. The molecule has 8 heteroatoms. The third kappa shape index (κ3) is 4.54. The van der Waals surface area contributed by atoms with Gasteiger partial charge in [0.05, 0.1) is 10.7 Å². The van der Waals surface area contributed by atoms with Crippen LogP contribution in [0, 0.1) is 0 Å². The molecule has 0 spiro atoms. The van der Waals surface area contributed by atoms with Crippen LogP contribution in [0.2, 0.25) is 10.0 Å². The minimum absolute atomic E-state index is 0.144. The van der Waals surface area contributed by atoms with Gasteiger partial charge in [0, 0.05) is 10.6 Å². The lowest BCUT2D eigenvalue weighted by Crippen LogP contribution is -2.17. The molecule has 2 rings (SSSR count). The summed E-state index contributed by atoms with van der Waals surface area (Å²) in [5.74, 6) is -0.951. The Kier molecular flexibility index (Phi) is 4.83. The van der Waals surface area contributed by atoms with Gasteiger partial charge >= 0.3 is 6.36 Å². The van der Waals surface area contributed by atoms with E-state index in [0.29, 0.717) is 10.7 Å². The standard InChI is InChI=1S/C14H8Cl2F3NO2/c15-9-3-6-11(16)12(7-9)20-13(21)8-1-4-10(5-2-8)22-14(17,18)19/h1-7H,(H,20,21). The lowest BCUT2D eigenvalue weighted by atomic mass is 10.2. The second-order valence-corrected chi connectivity index (χ2v) is 4.99. The zero-order valence-corrected chi connectivity index (χ0v) is 12.3. The van der Waals surface area contributed by atoms with Gasteiger partial charge in [0.15, 0.2) is 0 Å². The molecule has 2 aromatic carbocycles. The van der Waals surface area contributed by atoms with Gasteiger partial charge in [0.25, 0.3) is 5.91 Å². The highest BCUT2D eigenvalue weighted by Gasteiger charge is 2.31. The number of rotatable bonds is 3. The normalized spacial score (nSPS) is 11.1. The number of carbonyl (C=O) groups excluding carboxylic acids is 1. The number of hydrogen-bond donors (Lipinski definition) is 1. The maximum atomic E-state index is 12.0. The molecular formula is C14H8Cl2F3NO2. The number of alkyl halides is 3. The quantitative estimate of drug-likeness (QED) is 0.832. The highest BCUT2D eigenvalue weighted by molar-refractivity contribution is 6.35. The molecule has 0 radical (unpaired) electrons. The molecule has 0 saturated carbocycles. The van der Waals surface area contributed by atoms with Crippen LogP contribution in [-0.4, -0.2) is 12.3 Å². The number of halogens is 5. The first-order valence-electron chi connectivity index (χ1n) is 5.87. The summed E-state index contributed by atoms with van der Waals surface area (Å²) in [7, 11) is 0. The van der Waals surface area contributed by atoms with E-state index >= 15 is 0 Å². The molecule has 0 aliphatic rings. The molecule has 1 amide bonds. The molecule has 0 unspecified atom stereocenters. The van der Waals surface area contributed by atoms with Crippen LogP contribution in [0.25, 0.3) is 0 Å². The third-order valence-corrected chi connectivity index (χ3v) is 3.09. The smallest absolute Gasteiger partial charge is 0.406 e. The number of amides is 1. The average Bonchev–Trinajstić information content (AvgIpc) is 2.42. The van der Waals surface area contributed by atoms with Gasteiger partial charge in [0.1, 0.15) is 5.75 Å². The zero-order chi connectivity index (χ0) is 16.3. The number of benzene rings is 2. The van der Waals surface area contributed by atoms with Crippen LogP contribution in [0.5, 0.6) is 5.75 Å². The van der Waals surface area contributed by atoms with E-state index < -0.39 is 18.0 Å². The molecule has 0 heterocycles. The molecule has 3 nitrogen and oxygen atoms in total. The Morgan fingerprint density at radius 2 is 1.68 bits per heavy atom. The van der Waals surface area contributed by atoms with Crippen LogP contribution in [0.3, 0.4) is 0 Å². The minimum atomic E-state index is -4.78. The van der Waals surface area contributed by atoms with Gasteiger partial charge in [-0.3, -0.25) is 4.79 Å². The van der Waals surface area contributed by atoms with Crippen molar-refractivity contribution in [3.05, 3.63) is 58.1 Å². The molecule has 2 aromatic rings. The number of anilines is 1. The topological polar surface area (TPSA) is 38.3 Å². The second kappa shape index (κ2) is 6.46. The first-order valence-corrected chi connectivity index (χ1v) is 6.62. The van der Waals surface area contributed by atoms with Crippen LogP contribution in [-0.2, 0) is 0 Å². The maximum absolute atomic E-state index is 12.0. The van der Waals surface area contributed by atoms with Gasteiger partial charge in [-0.05, 0) is 42.5 Å². The van der Waals surface area contributed by atoms with Crippen LogP contribution in [0.15, 0.2) is 42.5 Å². The predicted octanol–water partition coefficient (Wildman–Crippen LogP) is 5.14. The zero-order valence-electron chi connectivity index (χ0n) is 10.7. The van der Waals surface area contributed by atoms with Crippen molar-refractivity contribution in [3.63, 3.8) is 0 Å². The molecule has 0 atom stereocenters. The summed E-state index contributed by atoms with van der Waals surface area (Å²) in [6.45, 7) is 0. The summed E-state index contributed by atoms with van der Waals surface area (Å²) in [6.07, 6.45) is -4.78. The lowest BCUT2D eigenvalue weighted by molar-refractivity contribution is -0.274. The first kappa shape index (κ1) is 16.5. The molecule has 22 heavy (non-hydrogen) atoms. The fourth-order valence-electron chi connectivity index (χ4n) is 1.60. The Balaban J connectivity index is 2.11. The second-order valence-electron chi connectivity index (χ2n) is 4.15. The molecular weight excluding hydrogens is 342 g/mol. The van der Waals surface area contributed by atoms with Crippen molar-refractivity contribution < 1.29 is 22.7 Å². The molecule has 0 fully saturated rings. The van der Waals surface area contributed by atoms with Crippen molar-refractivity contribution in [2.45, 2.75) is 6.36 Å². The molecule has 0 bridgehead atoms. The summed E-state index contributed by atoms with van der Waals surface area (Å²) in [6, 6.07) is 9.03. The Labute approximate surface area is 133 Å². The van der Waals surface area contributed by atoms with E-state index in [4.69, 9.17) is 23.2 Å². The average molecular weight is 350 g/mol. The number of carbonyl (C=O) groups is 1. The van der Waals surface area contributed by atoms with Crippen molar-refractivity contribution in [1.82, 2.24) is 0 Å². The molecule has 0 aromatic heterocycles. The molecule has 0 aliphatic carbocycles. The maximum Gasteiger partial charge on any atom is 0.573 e. The van der Waals surface area contributed by atoms with Gasteiger partial charge in [-0.15, -0.1) is 13.2 Å². The van der Waals surface area contributed by atoms with Crippen molar-refractivity contribution in [2.75, 3.05) is 5.32 Å². The van der Waals surface area contributed by atoms with Gasteiger partial charge in [0.2, 0.25) is 0 Å². The van der Waals surface area contributed by atoms with E-state index in [1.807, 2.05) is 0 Å². The van der Waals surface area contributed by atoms with Crippen molar-refractivity contribution in [3.8, 4) is 5.75 Å². The van der Waals surface area contributed by atoms with E-state index in [-0.39, 0.29) is 10.6 Å². The Morgan fingerprint density at radius 3 is 2.27 bits per heavy atom. The minimum Gasteiger partial charge on any atom is -0.406 e. The number of hydrogen-bond acceptors (Lipinski definition) is 2. The fraction of sp³-hybridized carbons (Fsp3) is 0.0714. The lowest BCUT2D eigenvalue weighted by Gasteiger charge is -2.10. The van der Waals surface area contributed by atoms with Crippen molar-refractivity contribution in [1.29, 1.82) is 0 Å². The molecule has 1 N–H and O–H groups in total. The van der Waals surface area contributed by atoms with E-state index in [1.54, 1.807) is 6.07 Å². The van der Waals surface area contributed by atoms with Crippen molar-refractivity contribution >= 4 is 34.8 Å². The molecule has 116 valence electrons. The van der Waals surface area contributed by atoms with Gasteiger partial charge < -0.3 is 10.1 Å². The third-order valence-electron chi connectivity index (χ3n) is 2.53. The van der Waals surface area contributed by atoms with E-state index in [0.717, 1.165) is 12.1 Å². The van der Waals surface area contributed by atoms with Gasteiger partial charge in [-0.2, -0.15) is 0 Å². The summed E-state index contributed by atoms with van der Waals surface area (Å²) in [5.41, 5.74) is 0.445. The largest absolute Gasteiger partial charge is 0.573 e. The van der Waals surface area contributed by atoms with Gasteiger partial charge in [-0.25, -0.2) is 0 Å². The van der Waals surface area contributed by atoms with Gasteiger partial charge in [-0.1, -0.05) is 23.2 Å².